The van der Waals surface area contributed by atoms with E-state index < -0.39 is 0 Å². The van der Waals surface area contributed by atoms with Gasteiger partial charge in [-0.2, -0.15) is 0 Å². The number of nitrogens with one attached hydrogen (secondary N) is 1. The summed E-state index contributed by atoms with van der Waals surface area (Å²) in [4.78, 5) is 40.8. The number of fused-ring (bicyclic) bond motifs is 2. The molecule has 2 aromatic carbocycles. The maximum atomic E-state index is 13.1. The summed E-state index contributed by atoms with van der Waals surface area (Å²) < 4.78 is 5.50. The van der Waals surface area contributed by atoms with E-state index in [2.05, 4.69) is 5.32 Å². The minimum atomic E-state index is -0.316. The second kappa shape index (κ2) is 8.63. The lowest BCUT2D eigenvalue weighted by molar-refractivity contribution is -0.130. The third-order valence-corrected chi connectivity index (χ3v) is 5.51. The Morgan fingerprint density at radius 3 is 2.90 bits per heavy atom. The van der Waals surface area contributed by atoms with E-state index in [0.717, 1.165) is 23.3 Å². The molecule has 31 heavy (non-hydrogen) atoms. The summed E-state index contributed by atoms with van der Waals surface area (Å²) in [6, 6.07) is 12.7. The van der Waals surface area contributed by atoms with E-state index in [0.29, 0.717) is 18.0 Å². The minimum absolute atomic E-state index is 0.0892. The second-order valence-corrected chi connectivity index (χ2v) is 7.88. The molecule has 0 aliphatic carbocycles. The summed E-state index contributed by atoms with van der Waals surface area (Å²) >= 11 is 0. The first kappa shape index (κ1) is 20.7. The van der Waals surface area contributed by atoms with E-state index in [1.807, 2.05) is 37.3 Å². The first-order valence-electron chi connectivity index (χ1n) is 10.3. The van der Waals surface area contributed by atoms with Crippen LogP contribution in [-0.4, -0.2) is 48.9 Å². The summed E-state index contributed by atoms with van der Waals surface area (Å²) in [6.07, 6.45) is 4.27. The van der Waals surface area contributed by atoms with Gasteiger partial charge in [-0.3, -0.25) is 14.4 Å². The Hall–Kier alpha value is -3.61. The monoisotopic (exact) mass is 419 g/mol. The summed E-state index contributed by atoms with van der Waals surface area (Å²) in [7, 11) is 1.60. The number of benzene rings is 2. The molecule has 7 nitrogen and oxygen atoms in total. The highest BCUT2D eigenvalue weighted by atomic mass is 16.5. The fourth-order valence-corrected chi connectivity index (χ4v) is 3.93. The molecule has 2 aliphatic rings. The van der Waals surface area contributed by atoms with Gasteiger partial charge in [0, 0.05) is 32.0 Å². The molecule has 1 unspecified atom stereocenters. The van der Waals surface area contributed by atoms with Crippen molar-refractivity contribution in [2.24, 2.45) is 0 Å². The van der Waals surface area contributed by atoms with E-state index in [1.165, 1.54) is 11.0 Å². The van der Waals surface area contributed by atoms with E-state index in [4.69, 9.17) is 4.74 Å². The van der Waals surface area contributed by atoms with Crippen LogP contribution in [0.4, 0.5) is 11.4 Å². The van der Waals surface area contributed by atoms with Crippen molar-refractivity contribution in [2.45, 2.75) is 25.8 Å². The van der Waals surface area contributed by atoms with E-state index in [-0.39, 0.29) is 36.7 Å². The Balaban J connectivity index is 1.45. The molecule has 1 N–H and O–H groups in total. The average Bonchev–Trinajstić information content (AvgIpc) is 3.16. The highest BCUT2D eigenvalue weighted by molar-refractivity contribution is 6.06. The predicted molar refractivity (Wildman–Crippen MR) is 119 cm³/mol. The van der Waals surface area contributed by atoms with Gasteiger partial charge in [-0.25, -0.2) is 0 Å². The smallest absolute Gasteiger partial charge is 0.246 e. The molecule has 0 saturated heterocycles. The van der Waals surface area contributed by atoms with Gasteiger partial charge in [0.2, 0.25) is 17.7 Å². The summed E-state index contributed by atoms with van der Waals surface area (Å²) in [5, 5.41) is 2.84. The molecule has 0 saturated carbocycles. The maximum Gasteiger partial charge on any atom is 0.246 e. The molecular formula is C24H25N3O4. The van der Waals surface area contributed by atoms with Gasteiger partial charge in [0.15, 0.2) is 0 Å². The maximum absolute atomic E-state index is 13.1. The van der Waals surface area contributed by atoms with Gasteiger partial charge in [-0.05, 0) is 48.4 Å². The standard InChI is InChI=1S/C24H25N3O4/c1-16-13-22(28)25-19-5-3-4-6-20(19)27(16)24(30)15-26(2)23(29)10-8-17-7-9-21-18(14-17)11-12-31-21/h3-10,14,16H,11-13,15H2,1-2H3,(H,25,28)/b10-8+. The Kier molecular flexibility index (Phi) is 5.75. The van der Waals surface area contributed by atoms with E-state index >= 15 is 0 Å². The van der Waals surface area contributed by atoms with Crippen molar-refractivity contribution >= 4 is 35.2 Å². The van der Waals surface area contributed by atoms with Crippen molar-refractivity contribution in [2.75, 3.05) is 30.4 Å². The van der Waals surface area contributed by atoms with Gasteiger partial charge in [0.1, 0.15) is 12.3 Å². The lowest BCUT2D eigenvalue weighted by Crippen LogP contribution is -2.45. The number of nitrogens with zero attached hydrogens (tertiary/aromatic N) is 2. The average molecular weight is 419 g/mol. The molecule has 0 fully saturated rings. The van der Waals surface area contributed by atoms with Crippen LogP contribution in [0.3, 0.4) is 0 Å². The molecule has 0 radical (unpaired) electrons. The summed E-state index contributed by atoms with van der Waals surface area (Å²) in [6.45, 7) is 2.43. The van der Waals surface area contributed by atoms with Gasteiger partial charge in [0.25, 0.3) is 0 Å². The fourth-order valence-electron chi connectivity index (χ4n) is 3.93. The van der Waals surface area contributed by atoms with Crippen LogP contribution >= 0.6 is 0 Å². The van der Waals surface area contributed by atoms with E-state index in [9.17, 15) is 14.4 Å². The Morgan fingerprint density at radius 2 is 2.06 bits per heavy atom. The molecule has 0 aromatic heterocycles. The molecule has 2 heterocycles. The first-order chi connectivity index (χ1) is 14.9. The number of amides is 3. The Morgan fingerprint density at radius 1 is 1.26 bits per heavy atom. The zero-order valence-electron chi connectivity index (χ0n) is 17.6. The highest BCUT2D eigenvalue weighted by Crippen LogP contribution is 2.31. The predicted octanol–water partition coefficient (Wildman–Crippen LogP) is 2.86. The fraction of sp³-hybridized carbons (Fsp3) is 0.292. The summed E-state index contributed by atoms with van der Waals surface area (Å²) in [5.74, 6) is 0.249. The molecule has 0 spiro atoms. The van der Waals surface area contributed by atoms with Gasteiger partial charge >= 0.3 is 0 Å². The van der Waals surface area contributed by atoms with Crippen molar-refractivity contribution in [3.8, 4) is 5.75 Å². The van der Waals surface area contributed by atoms with Gasteiger partial charge < -0.3 is 19.9 Å². The van der Waals surface area contributed by atoms with Crippen molar-refractivity contribution in [3.05, 3.63) is 59.7 Å². The normalized spacial score (nSPS) is 17.4. The Bertz CT molecular complexity index is 1060. The molecular weight excluding hydrogens is 394 g/mol. The number of ether oxygens (including phenoxy) is 1. The third kappa shape index (κ3) is 4.45. The number of likely N-dealkylation sites (N-methyl/N-ethyl adjacent to an activating group) is 1. The lowest BCUT2D eigenvalue weighted by atomic mass is 10.1. The number of hydrogen-bond donors (Lipinski definition) is 1. The molecule has 4 rings (SSSR count). The van der Waals surface area contributed by atoms with Crippen LogP contribution in [0, 0.1) is 0 Å². The van der Waals surface area contributed by atoms with Crippen molar-refractivity contribution in [1.82, 2.24) is 4.90 Å². The zero-order chi connectivity index (χ0) is 22.0. The number of anilines is 2. The molecule has 2 aromatic rings. The second-order valence-electron chi connectivity index (χ2n) is 7.88. The van der Waals surface area contributed by atoms with Crippen LogP contribution < -0.4 is 15.0 Å². The van der Waals surface area contributed by atoms with Crippen LogP contribution in [0.15, 0.2) is 48.5 Å². The lowest BCUT2D eigenvalue weighted by Gasteiger charge is -2.29. The Labute approximate surface area is 181 Å². The minimum Gasteiger partial charge on any atom is -0.493 e. The first-order valence-corrected chi connectivity index (χ1v) is 10.3. The number of carbonyl (C=O) groups excluding carboxylic acids is 3. The van der Waals surface area contributed by atoms with Crippen molar-refractivity contribution in [3.63, 3.8) is 0 Å². The number of carbonyl (C=O) groups is 3. The molecule has 1 atom stereocenters. The van der Waals surface area contributed by atoms with Gasteiger partial charge in [-0.15, -0.1) is 0 Å². The number of hydrogen-bond acceptors (Lipinski definition) is 4. The van der Waals surface area contributed by atoms with Crippen LogP contribution in [-0.2, 0) is 20.8 Å². The third-order valence-electron chi connectivity index (χ3n) is 5.51. The van der Waals surface area contributed by atoms with Crippen molar-refractivity contribution < 1.29 is 19.1 Å². The number of para-hydroxylation sites is 2. The van der Waals surface area contributed by atoms with Crippen molar-refractivity contribution in [1.29, 1.82) is 0 Å². The van der Waals surface area contributed by atoms with Crippen LogP contribution in [0.25, 0.3) is 6.08 Å². The SMILES string of the molecule is CC1CC(=O)Nc2ccccc2N1C(=O)CN(C)C(=O)/C=C/c1ccc2c(c1)CCO2. The summed E-state index contributed by atoms with van der Waals surface area (Å²) in [5.41, 5.74) is 3.29. The van der Waals surface area contributed by atoms with Crippen LogP contribution in [0.1, 0.15) is 24.5 Å². The zero-order valence-corrected chi connectivity index (χ0v) is 17.6. The number of rotatable bonds is 4. The molecule has 3 amide bonds. The molecule has 0 bridgehead atoms. The van der Waals surface area contributed by atoms with Gasteiger partial charge in [-0.1, -0.05) is 18.2 Å². The molecule has 160 valence electrons. The highest BCUT2D eigenvalue weighted by Gasteiger charge is 2.30. The quantitative estimate of drug-likeness (QED) is 0.773. The van der Waals surface area contributed by atoms with Gasteiger partial charge in [0.05, 0.1) is 18.0 Å². The topological polar surface area (TPSA) is 79.0 Å². The van der Waals surface area contributed by atoms with Crippen LogP contribution in [0.5, 0.6) is 5.75 Å². The molecule has 2 aliphatic heterocycles. The van der Waals surface area contributed by atoms with Crippen LogP contribution in [0.2, 0.25) is 0 Å². The molecule has 7 heteroatoms. The largest absolute Gasteiger partial charge is 0.493 e. The van der Waals surface area contributed by atoms with E-state index in [1.54, 1.807) is 30.2 Å².